The number of hydrogen-bond acceptors (Lipinski definition) is 2. The summed E-state index contributed by atoms with van der Waals surface area (Å²) in [6.07, 6.45) is 2.61. The molecular formula is C13H20N2. The Kier molecular flexibility index (Phi) is 3.37. The van der Waals surface area contributed by atoms with E-state index in [1.54, 1.807) is 0 Å². The van der Waals surface area contributed by atoms with Gasteiger partial charge in [0.1, 0.15) is 0 Å². The lowest BCUT2D eigenvalue weighted by atomic mass is 9.94. The van der Waals surface area contributed by atoms with E-state index in [0.717, 1.165) is 5.69 Å². The first-order valence-electron chi connectivity index (χ1n) is 5.95. The number of piperidine rings is 1. The van der Waals surface area contributed by atoms with Crippen LogP contribution in [-0.4, -0.2) is 29.5 Å². The molecule has 0 bridgehead atoms. The van der Waals surface area contributed by atoms with E-state index >= 15 is 0 Å². The van der Waals surface area contributed by atoms with Gasteiger partial charge in [-0.3, -0.25) is 4.98 Å². The van der Waals surface area contributed by atoms with Crippen molar-refractivity contribution in [3.05, 3.63) is 29.6 Å². The molecule has 1 unspecified atom stereocenters. The van der Waals surface area contributed by atoms with Crippen LogP contribution in [0.4, 0.5) is 0 Å². The van der Waals surface area contributed by atoms with Gasteiger partial charge < -0.3 is 4.90 Å². The van der Waals surface area contributed by atoms with Gasteiger partial charge in [0.05, 0.1) is 0 Å². The van der Waals surface area contributed by atoms with Crippen LogP contribution in [0.1, 0.15) is 37.1 Å². The summed E-state index contributed by atoms with van der Waals surface area (Å²) in [6, 6.07) is 6.38. The van der Waals surface area contributed by atoms with Crippen LogP contribution >= 0.6 is 0 Å². The molecule has 0 amide bonds. The molecule has 2 heterocycles. The van der Waals surface area contributed by atoms with Crippen molar-refractivity contribution in [2.75, 3.05) is 19.6 Å². The normalized spacial score (nSPS) is 22.9. The predicted molar refractivity (Wildman–Crippen MR) is 63.1 cm³/mol. The number of pyridine rings is 1. The van der Waals surface area contributed by atoms with E-state index < -0.39 is 0 Å². The number of nitrogens with zero attached hydrogens (tertiary/aromatic N) is 2. The number of aromatic nitrogens is 1. The number of rotatable bonds is 2. The molecule has 1 aliphatic heterocycles. The van der Waals surface area contributed by atoms with Crippen molar-refractivity contribution in [1.82, 2.24) is 9.88 Å². The lowest BCUT2D eigenvalue weighted by Crippen LogP contribution is -2.34. The van der Waals surface area contributed by atoms with Crippen LogP contribution in [0.2, 0.25) is 0 Å². The maximum absolute atomic E-state index is 4.64. The van der Waals surface area contributed by atoms with E-state index in [-0.39, 0.29) is 0 Å². The lowest BCUT2D eigenvalue weighted by molar-refractivity contribution is 0.216. The van der Waals surface area contributed by atoms with Crippen LogP contribution in [0.15, 0.2) is 18.2 Å². The first kappa shape index (κ1) is 10.6. The van der Waals surface area contributed by atoms with Gasteiger partial charge in [-0.15, -0.1) is 0 Å². The molecule has 82 valence electrons. The van der Waals surface area contributed by atoms with Gasteiger partial charge in [-0.1, -0.05) is 13.0 Å². The summed E-state index contributed by atoms with van der Waals surface area (Å²) in [5.41, 5.74) is 2.43. The zero-order valence-corrected chi connectivity index (χ0v) is 9.74. The van der Waals surface area contributed by atoms with E-state index in [4.69, 9.17) is 0 Å². The van der Waals surface area contributed by atoms with Crippen molar-refractivity contribution in [1.29, 1.82) is 0 Å². The van der Waals surface area contributed by atoms with Crippen molar-refractivity contribution >= 4 is 0 Å². The van der Waals surface area contributed by atoms with Crippen molar-refractivity contribution in [2.24, 2.45) is 0 Å². The minimum Gasteiger partial charge on any atom is -0.303 e. The quantitative estimate of drug-likeness (QED) is 0.736. The molecule has 2 rings (SSSR count). The Labute approximate surface area is 92.3 Å². The molecule has 1 aromatic heterocycles. The molecule has 0 N–H and O–H groups in total. The second-order valence-electron chi connectivity index (χ2n) is 4.44. The number of likely N-dealkylation sites (N-methyl/N-ethyl adjacent to an activating group) is 1. The Hall–Kier alpha value is -0.890. The molecule has 0 aromatic carbocycles. The van der Waals surface area contributed by atoms with Crippen LogP contribution in [0.5, 0.6) is 0 Å². The molecule has 1 aromatic rings. The fourth-order valence-corrected chi connectivity index (χ4v) is 2.38. The summed E-state index contributed by atoms with van der Waals surface area (Å²) in [7, 11) is 0. The van der Waals surface area contributed by atoms with Gasteiger partial charge in [-0.2, -0.15) is 0 Å². The van der Waals surface area contributed by atoms with Crippen LogP contribution in [0, 0.1) is 6.92 Å². The van der Waals surface area contributed by atoms with Crippen LogP contribution in [-0.2, 0) is 0 Å². The van der Waals surface area contributed by atoms with E-state index in [1.165, 1.54) is 38.2 Å². The fourth-order valence-electron chi connectivity index (χ4n) is 2.38. The van der Waals surface area contributed by atoms with Crippen LogP contribution in [0.25, 0.3) is 0 Å². The Morgan fingerprint density at radius 1 is 1.47 bits per heavy atom. The molecule has 1 atom stereocenters. The van der Waals surface area contributed by atoms with Crippen LogP contribution in [0.3, 0.4) is 0 Å². The summed E-state index contributed by atoms with van der Waals surface area (Å²) in [6.45, 7) is 7.93. The number of likely N-dealkylation sites (tertiary alicyclic amines) is 1. The molecule has 1 aliphatic rings. The highest BCUT2D eigenvalue weighted by atomic mass is 15.1. The van der Waals surface area contributed by atoms with Gasteiger partial charge in [0.2, 0.25) is 0 Å². The monoisotopic (exact) mass is 204 g/mol. The summed E-state index contributed by atoms with van der Waals surface area (Å²) in [5.74, 6) is 0.651. The maximum atomic E-state index is 4.64. The van der Waals surface area contributed by atoms with Crippen molar-refractivity contribution < 1.29 is 0 Å². The first-order valence-corrected chi connectivity index (χ1v) is 5.95. The average molecular weight is 204 g/mol. The zero-order valence-electron chi connectivity index (χ0n) is 9.74. The molecule has 15 heavy (non-hydrogen) atoms. The highest BCUT2D eigenvalue weighted by Crippen LogP contribution is 2.25. The maximum Gasteiger partial charge on any atom is 0.0450 e. The highest BCUT2D eigenvalue weighted by Gasteiger charge is 2.20. The standard InChI is InChI=1S/C13H20N2/c1-3-15-9-5-7-12(10-15)13-8-4-6-11(2)14-13/h4,6,8,12H,3,5,7,9-10H2,1-2H3. The third kappa shape index (κ3) is 2.57. The van der Waals surface area contributed by atoms with Crippen molar-refractivity contribution in [2.45, 2.75) is 32.6 Å². The summed E-state index contributed by atoms with van der Waals surface area (Å²) in [4.78, 5) is 7.16. The minimum absolute atomic E-state index is 0.651. The second-order valence-corrected chi connectivity index (χ2v) is 4.44. The summed E-state index contributed by atoms with van der Waals surface area (Å²) in [5, 5.41) is 0. The van der Waals surface area contributed by atoms with Gasteiger partial charge in [0, 0.05) is 23.9 Å². The molecule has 0 radical (unpaired) electrons. The minimum atomic E-state index is 0.651. The zero-order chi connectivity index (χ0) is 10.7. The summed E-state index contributed by atoms with van der Waals surface area (Å²) < 4.78 is 0. The first-order chi connectivity index (χ1) is 7.29. The predicted octanol–water partition coefficient (Wildman–Crippen LogP) is 2.59. The Balaban J connectivity index is 2.09. The molecule has 1 saturated heterocycles. The highest BCUT2D eigenvalue weighted by molar-refractivity contribution is 5.15. The molecule has 2 heteroatoms. The molecule has 2 nitrogen and oxygen atoms in total. The van der Waals surface area contributed by atoms with Gasteiger partial charge in [0.25, 0.3) is 0 Å². The third-order valence-corrected chi connectivity index (χ3v) is 3.28. The van der Waals surface area contributed by atoms with Gasteiger partial charge >= 0.3 is 0 Å². The third-order valence-electron chi connectivity index (χ3n) is 3.28. The second kappa shape index (κ2) is 4.75. The van der Waals surface area contributed by atoms with E-state index in [2.05, 4.69) is 41.9 Å². The van der Waals surface area contributed by atoms with E-state index in [1.807, 2.05) is 0 Å². The topological polar surface area (TPSA) is 16.1 Å². The molecule has 0 spiro atoms. The molecule has 1 fully saturated rings. The van der Waals surface area contributed by atoms with Gasteiger partial charge in [-0.05, 0) is 45.0 Å². The average Bonchev–Trinajstić information content (AvgIpc) is 2.29. The molecular weight excluding hydrogens is 184 g/mol. The van der Waals surface area contributed by atoms with Gasteiger partial charge in [-0.25, -0.2) is 0 Å². The number of aryl methyl sites for hydroxylation is 1. The molecule has 0 saturated carbocycles. The largest absolute Gasteiger partial charge is 0.303 e. The Bertz CT molecular complexity index is 322. The Morgan fingerprint density at radius 2 is 2.33 bits per heavy atom. The van der Waals surface area contributed by atoms with Gasteiger partial charge in [0.15, 0.2) is 0 Å². The summed E-state index contributed by atoms with van der Waals surface area (Å²) >= 11 is 0. The van der Waals surface area contributed by atoms with Crippen molar-refractivity contribution in [3.8, 4) is 0 Å². The smallest absolute Gasteiger partial charge is 0.0450 e. The van der Waals surface area contributed by atoms with E-state index in [0.29, 0.717) is 5.92 Å². The number of hydrogen-bond donors (Lipinski definition) is 0. The SMILES string of the molecule is CCN1CCCC(c2cccc(C)n2)C1. The van der Waals surface area contributed by atoms with Crippen LogP contribution < -0.4 is 0 Å². The van der Waals surface area contributed by atoms with E-state index in [9.17, 15) is 0 Å². The van der Waals surface area contributed by atoms with Crippen molar-refractivity contribution in [3.63, 3.8) is 0 Å². The Morgan fingerprint density at radius 3 is 3.07 bits per heavy atom. The lowest BCUT2D eigenvalue weighted by Gasteiger charge is -2.31. The molecule has 0 aliphatic carbocycles. The fraction of sp³-hybridized carbons (Fsp3) is 0.615.